The van der Waals surface area contributed by atoms with Gasteiger partial charge >= 0.3 is 0 Å². The number of nitrogens with one attached hydrogen (secondary N) is 2. The summed E-state index contributed by atoms with van der Waals surface area (Å²) in [7, 11) is -0.586. The van der Waals surface area contributed by atoms with Crippen LogP contribution >= 0.6 is 0 Å². The molecule has 2 aliphatic rings. The summed E-state index contributed by atoms with van der Waals surface area (Å²) in [4.78, 5) is 12.7. The molecule has 2 fully saturated rings. The average molecular weight is 540 g/mol. The Kier molecular flexibility index (Phi) is 15.4. The number of benzene rings is 1. The topological polar surface area (TPSA) is 87.7 Å². The lowest BCUT2D eigenvalue weighted by Gasteiger charge is -2.35. The Morgan fingerprint density at radius 2 is 1.46 bits per heavy atom. The quantitative estimate of drug-likeness (QED) is 0.423. The zero-order valence-corrected chi connectivity index (χ0v) is 25.4. The molecule has 3 rings (SSSR count). The maximum Gasteiger partial charge on any atom is 0.243 e. The van der Waals surface area contributed by atoms with Crippen LogP contribution in [0.5, 0.6) is 5.75 Å². The second-order valence-corrected chi connectivity index (χ2v) is 12.0. The molecule has 0 heterocycles. The largest absolute Gasteiger partial charge is 0.497 e. The molecule has 8 heteroatoms. The summed E-state index contributed by atoms with van der Waals surface area (Å²) in [5, 5.41) is 6.96. The maximum absolute atomic E-state index is 12.9. The zero-order valence-electron chi connectivity index (χ0n) is 24.6. The number of ether oxygens (including phenoxy) is 1. The van der Waals surface area contributed by atoms with Gasteiger partial charge in [0.1, 0.15) is 5.75 Å². The van der Waals surface area contributed by atoms with E-state index in [4.69, 9.17) is 4.74 Å². The van der Waals surface area contributed by atoms with Gasteiger partial charge in [0.15, 0.2) is 0 Å². The summed E-state index contributed by atoms with van der Waals surface area (Å²) in [6.45, 7) is 12.2. The molecule has 1 aromatic rings. The first-order chi connectivity index (χ1) is 17.7. The molecule has 0 aromatic heterocycles. The molecule has 7 nitrogen and oxygen atoms in total. The highest BCUT2D eigenvalue weighted by Crippen LogP contribution is 2.27. The van der Waals surface area contributed by atoms with Crippen LogP contribution in [0.25, 0.3) is 0 Å². The summed E-state index contributed by atoms with van der Waals surface area (Å²) < 4.78 is 32.3. The smallest absolute Gasteiger partial charge is 0.243 e. The fourth-order valence-corrected chi connectivity index (χ4v) is 6.42. The van der Waals surface area contributed by atoms with Gasteiger partial charge in [-0.25, -0.2) is 12.7 Å². The molecule has 0 atom stereocenters. The van der Waals surface area contributed by atoms with Crippen LogP contribution in [0.1, 0.15) is 98.0 Å². The molecule has 0 radical (unpaired) electrons. The number of aryl methyl sites for hydroxylation is 1. The van der Waals surface area contributed by atoms with Crippen LogP contribution in [-0.2, 0) is 14.8 Å². The molecule has 2 aliphatic carbocycles. The van der Waals surface area contributed by atoms with E-state index in [-0.39, 0.29) is 29.8 Å². The van der Waals surface area contributed by atoms with E-state index in [0.717, 1.165) is 31.6 Å². The van der Waals surface area contributed by atoms with Gasteiger partial charge in [0.2, 0.25) is 15.9 Å². The highest BCUT2D eigenvalue weighted by Gasteiger charge is 2.27. The monoisotopic (exact) mass is 539 g/mol. The van der Waals surface area contributed by atoms with Crippen molar-refractivity contribution < 1.29 is 17.9 Å². The molecule has 0 unspecified atom stereocenters. The summed E-state index contributed by atoms with van der Waals surface area (Å²) >= 11 is 0. The van der Waals surface area contributed by atoms with E-state index < -0.39 is 10.0 Å². The van der Waals surface area contributed by atoms with Crippen molar-refractivity contribution in [2.24, 2.45) is 5.92 Å². The highest BCUT2D eigenvalue weighted by atomic mass is 32.2. The lowest BCUT2D eigenvalue weighted by Crippen LogP contribution is -2.46. The van der Waals surface area contributed by atoms with Crippen molar-refractivity contribution in [3.05, 3.63) is 23.8 Å². The van der Waals surface area contributed by atoms with Gasteiger partial charge in [-0.1, -0.05) is 34.6 Å². The van der Waals surface area contributed by atoms with E-state index >= 15 is 0 Å². The van der Waals surface area contributed by atoms with Crippen molar-refractivity contribution >= 4 is 15.9 Å². The molecule has 0 aliphatic heterocycles. The lowest BCUT2D eigenvalue weighted by molar-refractivity contribution is -0.122. The van der Waals surface area contributed by atoms with Crippen LogP contribution in [0.15, 0.2) is 23.1 Å². The fraction of sp³-hybridized carbons (Fsp3) is 0.759. The van der Waals surface area contributed by atoms with E-state index in [1.165, 1.54) is 37.0 Å². The number of hydrogen-bond acceptors (Lipinski definition) is 5. The summed E-state index contributed by atoms with van der Waals surface area (Å²) in [5.41, 5.74) is 0.624. The first-order valence-electron chi connectivity index (χ1n) is 14.4. The van der Waals surface area contributed by atoms with Gasteiger partial charge in [0.25, 0.3) is 0 Å². The number of rotatable bonds is 9. The van der Waals surface area contributed by atoms with Gasteiger partial charge in [0, 0.05) is 38.1 Å². The maximum atomic E-state index is 12.9. The minimum atomic E-state index is -3.66. The lowest BCUT2D eigenvalue weighted by atomic mass is 9.85. The number of carbonyl (C=O) groups excluding carboxylic acids is 1. The molecule has 2 saturated carbocycles. The molecule has 0 saturated heterocycles. The Hall–Kier alpha value is -1.64. The minimum absolute atomic E-state index is 0.0822. The Morgan fingerprint density at radius 1 is 0.946 bits per heavy atom. The van der Waals surface area contributed by atoms with Gasteiger partial charge in [-0.3, -0.25) is 4.79 Å². The zero-order chi connectivity index (χ0) is 28.0. The van der Waals surface area contributed by atoms with Crippen LogP contribution in [0.4, 0.5) is 0 Å². The number of amides is 1. The van der Waals surface area contributed by atoms with Gasteiger partial charge in [0.05, 0.1) is 12.0 Å². The van der Waals surface area contributed by atoms with Crippen molar-refractivity contribution in [2.45, 2.75) is 122 Å². The Morgan fingerprint density at radius 3 is 1.97 bits per heavy atom. The van der Waals surface area contributed by atoms with Gasteiger partial charge in [-0.15, -0.1) is 0 Å². The number of carbonyl (C=O) groups is 1. The fourth-order valence-electron chi connectivity index (χ4n) is 5.05. The van der Waals surface area contributed by atoms with Crippen LogP contribution in [-0.4, -0.2) is 57.5 Å². The third kappa shape index (κ3) is 10.6. The molecule has 1 aromatic carbocycles. The third-order valence-corrected chi connectivity index (χ3v) is 9.32. The van der Waals surface area contributed by atoms with E-state index in [0.29, 0.717) is 23.4 Å². The molecular weight excluding hydrogens is 486 g/mol. The predicted molar refractivity (Wildman–Crippen MR) is 154 cm³/mol. The third-order valence-electron chi connectivity index (χ3n) is 7.30. The van der Waals surface area contributed by atoms with Crippen LogP contribution in [0.3, 0.4) is 0 Å². The summed E-state index contributed by atoms with van der Waals surface area (Å²) in [6.07, 6.45) is 9.50. The summed E-state index contributed by atoms with van der Waals surface area (Å²) in [5.74, 6) is 1.40. The average Bonchev–Trinajstić information content (AvgIpc) is 2.91. The molecule has 0 spiro atoms. The van der Waals surface area contributed by atoms with Crippen LogP contribution < -0.4 is 15.4 Å². The summed E-state index contributed by atoms with van der Waals surface area (Å²) in [6, 6.07) is 6.30. The number of nitrogens with zero attached hydrogens (tertiary/aromatic N) is 1. The van der Waals surface area contributed by atoms with E-state index in [1.54, 1.807) is 32.2 Å². The second kappa shape index (κ2) is 17.0. The molecule has 2 N–H and O–H groups in total. The number of sulfonamides is 1. The standard InChI is InChI=1S/C25H41N3O4S.2C2H6/c1-18-5-7-20(8-6-18)26-21-9-11-22(12-10-21)27-25(29)15-16-28(3)33(30,31)24-14-13-23(32-4)17-19(24)2;2*1-2/h13-14,17-18,20-22,26H,5-12,15-16H2,1-4H3,(H,27,29);2*1-2H3. The highest BCUT2D eigenvalue weighted by molar-refractivity contribution is 7.89. The number of hydrogen-bond donors (Lipinski definition) is 2. The molecule has 0 bridgehead atoms. The van der Waals surface area contributed by atoms with Gasteiger partial charge in [-0.2, -0.15) is 0 Å². The van der Waals surface area contributed by atoms with Crippen molar-refractivity contribution in [2.75, 3.05) is 20.7 Å². The molecule has 214 valence electrons. The Balaban J connectivity index is 0.00000163. The van der Waals surface area contributed by atoms with Gasteiger partial charge in [-0.05, 0) is 88.0 Å². The Labute approximate surface area is 227 Å². The number of methoxy groups -OCH3 is 1. The van der Waals surface area contributed by atoms with Gasteiger partial charge < -0.3 is 15.4 Å². The van der Waals surface area contributed by atoms with Crippen molar-refractivity contribution in [3.8, 4) is 5.75 Å². The van der Waals surface area contributed by atoms with Crippen molar-refractivity contribution in [1.82, 2.24) is 14.9 Å². The Bertz CT molecular complexity index is 890. The molecular formula is C29H53N3O4S. The molecule has 37 heavy (non-hydrogen) atoms. The molecule has 1 amide bonds. The van der Waals surface area contributed by atoms with E-state index in [2.05, 4.69) is 17.6 Å². The van der Waals surface area contributed by atoms with Crippen molar-refractivity contribution in [1.29, 1.82) is 0 Å². The normalized spacial score (nSPS) is 23.7. The van der Waals surface area contributed by atoms with E-state index in [1.807, 2.05) is 27.7 Å². The van der Waals surface area contributed by atoms with E-state index in [9.17, 15) is 13.2 Å². The van der Waals surface area contributed by atoms with Crippen LogP contribution in [0.2, 0.25) is 0 Å². The second-order valence-electron chi connectivity index (χ2n) is 9.95. The first-order valence-corrected chi connectivity index (χ1v) is 15.8. The van der Waals surface area contributed by atoms with Crippen LogP contribution in [0, 0.1) is 12.8 Å². The predicted octanol–water partition coefficient (Wildman–Crippen LogP) is 5.66. The first kappa shape index (κ1) is 33.4. The SMILES string of the molecule is CC.CC.COc1ccc(S(=O)(=O)N(C)CCC(=O)NC2CCC(NC3CCC(C)CC3)CC2)c(C)c1. The minimum Gasteiger partial charge on any atom is -0.497 e. The van der Waals surface area contributed by atoms with Crippen molar-refractivity contribution in [3.63, 3.8) is 0 Å².